The van der Waals surface area contributed by atoms with Crippen LogP contribution >= 0.6 is 11.8 Å². The van der Waals surface area contributed by atoms with E-state index in [9.17, 15) is 13.6 Å². The minimum Gasteiger partial charge on any atom is -0.435 e. The van der Waals surface area contributed by atoms with E-state index in [0.717, 1.165) is 17.3 Å². The zero-order valence-electron chi connectivity index (χ0n) is 13.3. The molecule has 0 fully saturated rings. The second-order valence-corrected chi connectivity index (χ2v) is 5.93. The van der Waals surface area contributed by atoms with Crippen LogP contribution in [0.2, 0.25) is 0 Å². The quantitative estimate of drug-likeness (QED) is 0.626. The number of alkyl halides is 2. The molecule has 6 nitrogen and oxygen atoms in total. The first-order valence-corrected chi connectivity index (χ1v) is 8.45. The molecule has 2 aromatic carbocycles. The van der Waals surface area contributed by atoms with E-state index in [4.69, 9.17) is 4.52 Å². The molecule has 0 unspecified atom stereocenters. The van der Waals surface area contributed by atoms with E-state index in [0.29, 0.717) is 16.7 Å². The second kappa shape index (κ2) is 8.43. The Labute approximate surface area is 151 Å². The highest BCUT2D eigenvalue weighted by Crippen LogP contribution is 2.22. The fourth-order valence-electron chi connectivity index (χ4n) is 2.01. The molecule has 0 aliphatic carbocycles. The fourth-order valence-corrected chi connectivity index (χ4v) is 2.58. The summed E-state index contributed by atoms with van der Waals surface area (Å²) >= 11 is 1.12. The van der Waals surface area contributed by atoms with Crippen LogP contribution in [0.4, 0.5) is 14.5 Å². The lowest BCUT2D eigenvalue weighted by Crippen LogP contribution is -2.14. The highest BCUT2D eigenvalue weighted by molar-refractivity contribution is 7.99. The molecule has 1 amide bonds. The molecule has 0 aliphatic heterocycles. The molecule has 0 bridgehead atoms. The number of ether oxygens (including phenoxy) is 1. The number of halogens is 2. The Balaban J connectivity index is 1.50. The maximum atomic E-state index is 12.1. The predicted molar refractivity (Wildman–Crippen MR) is 92.2 cm³/mol. The third-order valence-corrected chi connectivity index (χ3v) is 3.95. The summed E-state index contributed by atoms with van der Waals surface area (Å²) in [6.45, 7) is -2.89. The highest BCUT2D eigenvalue weighted by atomic mass is 32.2. The number of hydrogen-bond donors (Lipinski definition) is 1. The van der Waals surface area contributed by atoms with Crippen LogP contribution in [0.25, 0.3) is 11.5 Å². The van der Waals surface area contributed by atoms with Crippen molar-refractivity contribution in [3.8, 4) is 17.2 Å². The number of thioether (sulfide) groups is 1. The van der Waals surface area contributed by atoms with Crippen LogP contribution in [-0.4, -0.2) is 28.4 Å². The van der Waals surface area contributed by atoms with Crippen LogP contribution in [0.5, 0.6) is 5.75 Å². The molecular formula is C17H13F2N3O3S. The Hall–Kier alpha value is -2.94. The number of rotatable bonds is 7. The molecule has 0 saturated heterocycles. The molecule has 9 heteroatoms. The first-order valence-electron chi connectivity index (χ1n) is 7.47. The van der Waals surface area contributed by atoms with E-state index in [1.807, 2.05) is 30.3 Å². The molecule has 0 aliphatic rings. The molecular weight excluding hydrogens is 364 g/mol. The van der Waals surface area contributed by atoms with Gasteiger partial charge in [0.1, 0.15) is 5.75 Å². The summed E-state index contributed by atoms with van der Waals surface area (Å²) in [5.74, 6) is 0.183. The number of hydrogen-bond acceptors (Lipinski definition) is 6. The number of carbonyl (C=O) groups excluding carboxylic acids is 1. The molecule has 134 valence electrons. The van der Waals surface area contributed by atoms with E-state index in [1.54, 1.807) is 0 Å². The Morgan fingerprint density at radius 3 is 2.58 bits per heavy atom. The summed E-state index contributed by atoms with van der Waals surface area (Å²) in [6.07, 6.45) is 0. The highest BCUT2D eigenvalue weighted by Gasteiger charge is 2.11. The number of carbonyl (C=O) groups is 1. The predicted octanol–water partition coefficient (Wildman–Crippen LogP) is 4.07. The number of nitrogens with one attached hydrogen (secondary N) is 1. The fraction of sp³-hybridized carbons (Fsp3) is 0.118. The van der Waals surface area contributed by atoms with Gasteiger partial charge in [0.25, 0.3) is 5.89 Å². The summed E-state index contributed by atoms with van der Waals surface area (Å²) < 4.78 is 33.6. The van der Waals surface area contributed by atoms with Crippen LogP contribution in [-0.2, 0) is 4.79 Å². The van der Waals surface area contributed by atoms with Gasteiger partial charge in [0.2, 0.25) is 11.1 Å². The van der Waals surface area contributed by atoms with E-state index in [-0.39, 0.29) is 17.4 Å². The lowest BCUT2D eigenvalue weighted by molar-refractivity contribution is -0.113. The van der Waals surface area contributed by atoms with Gasteiger partial charge in [-0.2, -0.15) is 13.8 Å². The minimum absolute atomic E-state index is 0.0209. The number of aromatic nitrogens is 2. The Morgan fingerprint density at radius 2 is 1.88 bits per heavy atom. The Kier molecular flexibility index (Phi) is 5.80. The van der Waals surface area contributed by atoms with Crippen LogP contribution in [0, 0.1) is 0 Å². The van der Waals surface area contributed by atoms with Crippen molar-refractivity contribution in [1.82, 2.24) is 10.1 Å². The Bertz CT molecular complexity index is 857. The van der Waals surface area contributed by atoms with Crippen LogP contribution in [0.15, 0.2) is 64.3 Å². The lowest BCUT2D eigenvalue weighted by atomic mass is 10.2. The van der Waals surface area contributed by atoms with Gasteiger partial charge in [-0.05, 0) is 41.6 Å². The van der Waals surface area contributed by atoms with Gasteiger partial charge in [-0.1, -0.05) is 30.0 Å². The number of amides is 1. The van der Waals surface area contributed by atoms with Gasteiger partial charge in [-0.3, -0.25) is 4.79 Å². The Morgan fingerprint density at radius 1 is 1.15 bits per heavy atom. The average Bonchev–Trinajstić information content (AvgIpc) is 3.11. The smallest absolute Gasteiger partial charge is 0.387 e. The third-order valence-electron chi connectivity index (χ3n) is 3.12. The number of anilines is 1. The van der Waals surface area contributed by atoms with Crippen LogP contribution in [0.1, 0.15) is 0 Å². The van der Waals surface area contributed by atoms with Crippen molar-refractivity contribution in [2.45, 2.75) is 11.8 Å². The van der Waals surface area contributed by atoms with E-state index < -0.39 is 6.61 Å². The summed E-state index contributed by atoms with van der Waals surface area (Å²) in [7, 11) is 0. The van der Waals surface area contributed by atoms with E-state index in [2.05, 4.69) is 20.2 Å². The molecule has 26 heavy (non-hydrogen) atoms. The van der Waals surface area contributed by atoms with Crippen molar-refractivity contribution in [2.75, 3.05) is 11.1 Å². The van der Waals surface area contributed by atoms with Crippen molar-refractivity contribution in [2.24, 2.45) is 0 Å². The molecule has 3 rings (SSSR count). The largest absolute Gasteiger partial charge is 0.435 e. The molecule has 3 aromatic rings. The first kappa shape index (κ1) is 17.9. The summed E-state index contributed by atoms with van der Waals surface area (Å²) in [5.41, 5.74) is 1.26. The summed E-state index contributed by atoms with van der Waals surface area (Å²) in [4.78, 5) is 16.2. The van der Waals surface area contributed by atoms with Gasteiger partial charge in [0.15, 0.2) is 0 Å². The van der Waals surface area contributed by atoms with Crippen molar-refractivity contribution in [3.05, 3.63) is 54.6 Å². The third kappa shape index (κ3) is 5.03. The van der Waals surface area contributed by atoms with Crippen molar-refractivity contribution in [3.63, 3.8) is 0 Å². The molecule has 0 atom stereocenters. The normalized spacial score (nSPS) is 10.7. The van der Waals surface area contributed by atoms with E-state index in [1.165, 1.54) is 24.3 Å². The first-order chi connectivity index (χ1) is 12.6. The molecule has 0 spiro atoms. The molecule has 0 saturated carbocycles. The van der Waals surface area contributed by atoms with Gasteiger partial charge in [0.05, 0.1) is 5.75 Å². The summed E-state index contributed by atoms with van der Waals surface area (Å²) in [5, 5.41) is 6.81. The minimum atomic E-state index is -2.89. The summed E-state index contributed by atoms with van der Waals surface area (Å²) in [6, 6.07) is 14.9. The van der Waals surface area contributed by atoms with Crippen LogP contribution in [0.3, 0.4) is 0 Å². The SMILES string of the molecule is O=C(CSc1noc(-c2ccccc2)n1)Nc1ccc(OC(F)F)cc1. The van der Waals surface area contributed by atoms with Gasteiger partial charge in [-0.15, -0.1) is 0 Å². The number of benzene rings is 2. The van der Waals surface area contributed by atoms with Crippen molar-refractivity contribution < 1.29 is 22.8 Å². The second-order valence-electron chi connectivity index (χ2n) is 4.99. The van der Waals surface area contributed by atoms with Gasteiger partial charge >= 0.3 is 6.61 Å². The van der Waals surface area contributed by atoms with Crippen molar-refractivity contribution >= 4 is 23.4 Å². The zero-order chi connectivity index (χ0) is 18.4. The maximum absolute atomic E-state index is 12.1. The molecule has 1 aromatic heterocycles. The van der Waals surface area contributed by atoms with Gasteiger partial charge < -0.3 is 14.6 Å². The molecule has 1 heterocycles. The number of nitrogens with zero attached hydrogens (tertiary/aromatic N) is 2. The molecule has 1 N–H and O–H groups in total. The molecule has 0 radical (unpaired) electrons. The van der Waals surface area contributed by atoms with Gasteiger partial charge in [0, 0.05) is 11.3 Å². The van der Waals surface area contributed by atoms with Crippen LogP contribution < -0.4 is 10.1 Å². The lowest BCUT2D eigenvalue weighted by Gasteiger charge is -2.06. The standard InChI is InChI=1S/C17H13F2N3O3S/c18-16(19)24-13-8-6-12(7-9-13)20-14(23)10-26-17-21-15(25-22-17)11-4-2-1-3-5-11/h1-9,16H,10H2,(H,20,23). The zero-order valence-corrected chi connectivity index (χ0v) is 14.1. The van der Waals surface area contributed by atoms with Crippen molar-refractivity contribution in [1.29, 1.82) is 0 Å². The average molecular weight is 377 g/mol. The van der Waals surface area contributed by atoms with Gasteiger partial charge in [-0.25, -0.2) is 0 Å². The maximum Gasteiger partial charge on any atom is 0.387 e. The monoisotopic (exact) mass is 377 g/mol. The topological polar surface area (TPSA) is 77.2 Å². The van der Waals surface area contributed by atoms with E-state index >= 15 is 0 Å².